The number of benzene rings is 2. The zero-order chi connectivity index (χ0) is 17.6. The van der Waals surface area contributed by atoms with E-state index >= 15 is 0 Å². The Labute approximate surface area is 148 Å². The predicted molar refractivity (Wildman–Crippen MR) is 97.2 cm³/mol. The molecule has 1 unspecified atom stereocenters. The van der Waals surface area contributed by atoms with Crippen molar-refractivity contribution in [1.82, 2.24) is 10.2 Å². The number of ether oxygens (including phenoxy) is 2. The maximum Gasteiger partial charge on any atom is 0.318 e. The van der Waals surface area contributed by atoms with Crippen molar-refractivity contribution in [2.45, 2.75) is 19.4 Å². The Morgan fingerprint density at radius 3 is 2.40 bits per heavy atom. The zero-order valence-corrected chi connectivity index (χ0v) is 14.7. The van der Waals surface area contributed by atoms with E-state index in [4.69, 9.17) is 9.47 Å². The van der Waals surface area contributed by atoms with Crippen molar-refractivity contribution in [1.29, 1.82) is 0 Å². The number of nitrogens with one attached hydrogen (secondary N) is 1. The lowest BCUT2D eigenvalue weighted by molar-refractivity contribution is 0.205. The number of rotatable bonds is 7. The molecular weight excluding hydrogens is 316 g/mol. The quantitative estimate of drug-likeness (QED) is 0.840. The molecule has 132 valence electrons. The van der Waals surface area contributed by atoms with Gasteiger partial charge in [0.05, 0.1) is 19.8 Å². The molecule has 1 N–H and O–H groups in total. The highest BCUT2D eigenvalue weighted by atomic mass is 16.5. The molecule has 0 aliphatic carbocycles. The molecule has 1 aliphatic rings. The van der Waals surface area contributed by atoms with Crippen molar-refractivity contribution in [3.8, 4) is 11.5 Å². The van der Waals surface area contributed by atoms with Gasteiger partial charge >= 0.3 is 6.03 Å². The van der Waals surface area contributed by atoms with Crippen LogP contribution in [0, 0.1) is 0 Å². The van der Waals surface area contributed by atoms with Crippen molar-refractivity contribution in [3.05, 3.63) is 59.7 Å². The van der Waals surface area contributed by atoms with E-state index in [2.05, 4.69) is 17.4 Å². The van der Waals surface area contributed by atoms with Gasteiger partial charge < -0.3 is 19.7 Å². The van der Waals surface area contributed by atoms with Crippen LogP contribution in [0.25, 0.3) is 0 Å². The summed E-state index contributed by atoms with van der Waals surface area (Å²) in [7, 11) is 1.65. The Morgan fingerprint density at radius 1 is 1.08 bits per heavy atom. The SMILES string of the molecule is CCOc1ccc(CCN2C(=O)NCC2c2ccc(OC)cc2)cc1. The van der Waals surface area contributed by atoms with Crippen LogP contribution in [0.5, 0.6) is 11.5 Å². The average molecular weight is 340 g/mol. The molecule has 0 saturated carbocycles. The van der Waals surface area contributed by atoms with Crippen molar-refractivity contribution in [2.75, 3.05) is 26.8 Å². The van der Waals surface area contributed by atoms with Crippen molar-refractivity contribution < 1.29 is 14.3 Å². The molecule has 2 aromatic carbocycles. The Hall–Kier alpha value is -2.69. The van der Waals surface area contributed by atoms with Crippen LogP contribution in [-0.2, 0) is 6.42 Å². The molecule has 2 amide bonds. The summed E-state index contributed by atoms with van der Waals surface area (Å²) in [5, 5.41) is 2.94. The van der Waals surface area contributed by atoms with Gasteiger partial charge in [0.15, 0.2) is 0 Å². The summed E-state index contributed by atoms with van der Waals surface area (Å²) < 4.78 is 10.7. The second-order valence-corrected chi connectivity index (χ2v) is 6.00. The number of methoxy groups -OCH3 is 1. The van der Waals surface area contributed by atoms with Gasteiger partial charge in [0.1, 0.15) is 11.5 Å². The highest BCUT2D eigenvalue weighted by molar-refractivity contribution is 5.77. The van der Waals surface area contributed by atoms with Crippen molar-refractivity contribution in [2.24, 2.45) is 0 Å². The highest BCUT2D eigenvalue weighted by Crippen LogP contribution is 2.26. The monoisotopic (exact) mass is 340 g/mol. The van der Waals surface area contributed by atoms with Crippen molar-refractivity contribution >= 4 is 6.03 Å². The molecule has 0 bridgehead atoms. The van der Waals surface area contributed by atoms with Gasteiger partial charge in [0, 0.05) is 13.1 Å². The Bertz CT molecular complexity index is 698. The maximum atomic E-state index is 12.2. The Kier molecular flexibility index (Phi) is 5.43. The Morgan fingerprint density at radius 2 is 1.76 bits per heavy atom. The van der Waals surface area contributed by atoms with Crippen LogP contribution < -0.4 is 14.8 Å². The van der Waals surface area contributed by atoms with Gasteiger partial charge in [-0.3, -0.25) is 0 Å². The minimum absolute atomic E-state index is 0.00763. The molecule has 0 spiro atoms. The van der Waals surface area contributed by atoms with E-state index < -0.39 is 0 Å². The second kappa shape index (κ2) is 7.92. The van der Waals surface area contributed by atoms with Crippen LogP contribution in [0.15, 0.2) is 48.5 Å². The first-order valence-corrected chi connectivity index (χ1v) is 8.61. The van der Waals surface area contributed by atoms with Crippen LogP contribution in [0.1, 0.15) is 24.1 Å². The van der Waals surface area contributed by atoms with Crippen LogP contribution in [0.2, 0.25) is 0 Å². The van der Waals surface area contributed by atoms with E-state index in [1.807, 2.05) is 48.2 Å². The first kappa shape index (κ1) is 17.1. The minimum atomic E-state index is -0.00763. The van der Waals surface area contributed by atoms with Crippen LogP contribution in [0.4, 0.5) is 4.79 Å². The summed E-state index contributed by atoms with van der Waals surface area (Å²) >= 11 is 0. The molecule has 5 heteroatoms. The molecular formula is C20H24N2O3. The van der Waals surface area contributed by atoms with Crippen molar-refractivity contribution in [3.63, 3.8) is 0 Å². The molecule has 25 heavy (non-hydrogen) atoms. The summed E-state index contributed by atoms with van der Waals surface area (Å²) in [6.07, 6.45) is 0.812. The number of carbonyl (C=O) groups excluding carboxylic acids is 1. The van der Waals surface area contributed by atoms with E-state index in [9.17, 15) is 4.79 Å². The highest BCUT2D eigenvalue weighted by Gasteiger charge is 2.31. The van der Waals surface area contributed by atoms with E-state index in [1.165, 1.54) is 5.56 Å². The van der Waals surface area contributed by atoms with Gasteiger partial charge in [-0.1, -0.05) is 24.3 Å². The summed E-state index contributed by atoms with van der Waals surface area (Å²) in [6.45, 7) is 3.95. The third-order valence-corrected chi connectivity index (χ3v) is 4.46. The van der Waals surface area contributed by atoms with Crippen LogP contribution in [-0.4, -0.2) is 37.7 Å². The first-order chi connectivity index (χ1) is 12.2. The standard InChI is InChI=1S/C20H24N2O3/c1-3-25-18-8-4-15(5-9-18)12-13-22-19(14-21-20(22)23)16-6-10-17(24-2)11-7-16/h4-11,19H,3,12-14H2,1-2H3,(H,21,23). The van der Waals surface area contributed by atoms with E-state index in [0.717, 1.165) is 23.5 Å². The van der Waals surface area contributed by atoms with Crippen LogP contribution in [0.3, 0.4) is 0 Å². The van der Waals surface area contributed by atoms with Gasteiger partial charge in [-0.05, 0) is 48.7 Å². The topological polar surface area (TPSA) is 50.8 Å². The maximum absolute atomic E-state index is 12.2. The molecule has 3 rings (SSSR count). The molecule has 1 aliphatic heterocycles. The molecule has 2 aromatic rings. The average Bonchev–Trinajstić information content (AvgIpc) is 3.02. The fourth-order valence-corrected chi connectivity index (χ4v) is 3.09. The molecule has 5 nitrogen and oxygen atoms in total. The number of nitrogens with zero attached hydrogens (tertiary/aromatic N) is 1. The smallest absolute Gasteiger partial charge is 0.318 e. The molecule has 1 heterocycles. The first-order valence-electron chi connectivity index (χ1n) is 8.61. The van der Waals surface area contributed by atoms with E-state index in [0.29, 0.717) is 19.7 Å². The molecule has 1 atom stereocenters. The summed E-state index contributed by atoms with van der Waals surface area (Å²) in [5.74, 6) is 1.70. The summed E-state index contributed by atoms with van der Waals surface area (Å²) in [6, 6.07) is 16.0. The predicted octanol–water partition coefficient (Wildman–Crippen LogP) is 3.40. The number of carbonyl (C=O) groups is 1. The number of hydrogen-bond donors (Lipinski definition) is 1. The molecule has 0 radical (unpaired) electrons. The van der Waals surface area contributed by atoms with Gasteiger partial charge in [-0.2, -0.15) is 0 Å². The second-order valence-electron chi connectivity index (χ2n) is 6.00. The lowest BCUT2D eigenvalue weighted by Gasteiger charge is -2.23. The largest absolute Gasteiger partial charge is 0.497 e. The summed E-state index contributed by atoms with van der Waals surface area (Å²) in [4.78, 5) is 14.1. The van der Waals surface area contributed by atoms with Gasteiger partial charge in [0.25, 0.3) is 0 Å². The number of amides is 2. The molecule has 1 fully saturated rings. The van der Waals surface area contributed by atoms with Gasteiger partial charge in [-0.25, -0.2) is 4.79 Å². The zero-order valence-electron chi connectivity index (χ0n) is 14.7. The lowest BCUT2D eigenvalue weighted by Crippen LogP contribution is -2.31. The number of urea groups is 1. The summed E-state index contributed by atoms with van der Waals surface area (Å²) in [5.41, 5.74) is 2.31. The van der Waals surface area contributed by atoms with Gasteiger partial charge in [-0.15, -0.1) is 0 Å². The van der Waals surface area contributed by atoms with Crippen LogP contribution >= 0.6 is 0 Å². The van der Waals surface area contributed by atoms with Gasteiger partial charge in [0.2, 0.25) is 0 Å². The lowest BCUT2D eigenvalue weighted by atomic mass is 10.1. The molecule has 1 saturated heterocycles. The third-order valence-electron chi connectivity index (χ3n) is 4.46. The fourth-order valence-electron chi connectivity index (χ4n) is 3.09. The Balaban J connectivity index is 1.65. The van der Waals surface area contributed by atoms with E-state index in [1.54, 1.807) is 7.11 Å². The minimum Gasteiger partial charge on any atom is -0.497 e. The third kappa shape index (κ3) is 4.05. The van der Waals surface area contributed by atoms with E-state index in [-0.39, 0.29) is 12.1 Å². The fraction of sp³-hybridized carbons (Fsp3) is 0.350. The number of hydrogen-bond acceptors (Lipinski definition) is 3. The normalized spacial score (nSPS) is 16.6. The molecule has 0 aromatic heterocycles.